The highest BCUT2D eigenvalue weighted by Crippen LogP contribution is 2.49. The normalized spacial score (nSPS) is 16.6. The van der Waals surface area contributed by atoms with Gasteiger partial charge in [-0.3, -0.25) is 0 Å². The number of hydrogen-bond donors (Lipinski definition) is 0. The Morgan fingerprint density at radius 2 is 0.843 bits per heavy atom. The van der Waals surface area contributed by atoms with Gasteiger partial charge in [0.25, 0.3) is 0 Å². The lowest BCUT2D eigenvalue weighted by atomic mass is 9.77. The molecule has 0 saturated carbocycles. The van der Waals surface area contributed by atoms with Crippen molar-refractivity contribution in [2.45, 2.75) is 29.1 Å². The van der Waals surface area contributed by atoms with Gasteiger partial charge in [0.2, 0.25) is 9.84 Å². The van der Waals surface area contributed by atoms with Crippen molar-refractivity contribution in [1.82, 2.24) is 0 Å². The van der Waals surface area contributed by atoms with Crippen LogP contribution in [-0.4, -0.2) is 16.5 Å². The highest BCUT2D eigenvalue weighted by molar-refractivity contribution is 7.91. The standard InChI is InChI=1S/C45H34N2O2SSi/c1-45(2)33-18-6-11-23-39(33)50(48,49)40-29-28-32(30-34(40)45)47-37-21-9-14-26-43(37)51(44-27-15-10-22-38(44)47)41-24-12-7-19-35(41)46(31-16-4-3-5-17-31)36-20-8-13-25-42(36)51/h3-30H,1-2H3. The average molecular weight is 695 g/mol. The molecule has 0 saturated heterocycles. The van der Waals surface area contributed by atoms with Crippen molar-refractivity contribution in [2.24, 2.45) is 0 Å². The Balaban J connectivity index is 1.26. The molecule has 0 N–H and O–H groups in total. The van der Waals surface area contributed by atoms with Gasteiger partial charge in [0.1, 0.15) is 0 Å². The van der Waals surface area contributed by atoms with Crippen LogP contribution in [0.2, 0.25) is 0 Å². The monoisotopic (exact) mass is 694 g/mol. The molecular formula is C45H34N2O2SSi. The molecule has 0 atom stereocenters. The van der Waals surface area contributed by atoms with Crippen LogP contribution < -0.4 is 30.5 Å². The third-order valence-electron chi connectivity index (χ3n) is 11.2. The van der Waals surface area contributed by atoms with Crippen LogP contribution in [0.3, 0.4) is 0 Å². The summed E-state index contributed by atoms with van der Waals surface area (Å²) in [5, 5.41) is 5.32. The van der Waals surface area contributed by atoms with Crippen molar-refractivity contribution in [3.05, 3.63) is 181 Å². The zero-order chi connectivity index (χ0) is 34.5. The molecule has 0 unspecified atom stereocenters. The molecule has 0 aromatic heterocycles. The molecule has 0 fully saturated rings. The summed E-state index contributed by atoms with van der Waals surface area (Å²) >= 11 is 0. The Bertz CT molecular complexity index is 2570. The van der Waals surface area contributed by atoms with Gasteiger partial charge < -0.3 is 9.80 Å². The summed E-state index contributed by atoms with van der Waals surface area (Å²) in [4.78, 5) is 5.57. The van der Waals surface area contributed by atoms with E-state index >= 15 is 0 Å². The van der Waals surface area contributed by atoms with Gasteiger partial charge in [0.05, 0.1) is 9.79 Å². The van der Waals surface area contributed by atoms with Gasteiger partial charge in [-0.15, -0.1) is 0 Å². The zero-order valence-electron chi connectivity index (χ0n) is 28.3. The molecule has 3 aliphatic rings. The first-order chi connectivity index (χ1) is 24.8. The molecule has 3 aliphatic heterocycles. The Morgan fingerprint density at radius 1 is 0.431 bits per heavy atom. The number of benzene rings is 7. The van der Waals surface area contributed by atoms with E-state index in [0.29, 0.717) is 9.79 Å². The SMILES string of the molecule is CC1(C)c2ccccc2S(=O)(=O)c2ccc(N3c4ccccc4[Si]4(c5ccccc5N(c5ccccc5)c5ccccc54)c4ccccc43)cc21. The maximum absolute atomic E-state index is 14.0. The molecule has 10 rings (SSSR count). The second-order valence-electron chi connectivity index (χ2n) is 14.1. The number of sulfone groups is 1. The smallest absolute Gasteiger partial charge is 0.207 e. The van der Waals surface area contributed by atoms with Crippen LogP contribution in [0.25, 0.3) is 0 Å². The number of rotatable bonds is 2. The first kappa shape index (κ1) is 30.2. The lowest BCUT2D eigenvalue weighted by molar-refractivity contribution is 0.555. The van der Waals surface area contributed by atoms with Gasteiger partial charge in [-0.1, -0.05) is 123 Å². The molecule has 0 amide bonds. The fourth-order valence-corrected chi connectivity index (χ4v) is 16.5. The Morgan fingerprint density at radius 3 is 1.37 bits per heavy atom. The topological polar surface area (TPSA) is 40.6 Å². The van der Waals surface area contributed by atoms with Gasteiger partial charge in [0.15, 0.2) is 8.07 Å². The van der Waals surface area contributed by atoms with Gasteiger partial charge in [-0.05, 0) is 92.5 Å². The highest BCUT2D eigenvalue weighted by Gasteiger charge is 2.54. The minimum Gasteiger partial charge on any atom is -0.311 e. The lowest BCUT2D eigenvalue weighted by Gasteiger charge is -2.50. The maximum atomic E-state index is 14.0. The van der Waals surface area contributed by atoms with Crippen LogP contribution in [0.4, 0.5) is 34.1 Å². The van der Waals surface area contributed by atoms with E-state index in [2.05, 4.69) is 157 Å². The minimum atomic E-state index is -3.67. The van der Waals surface area contributed by atoms with Crippen LogP contribution in [0, 0.1) is 0 Å². The molecule has 1 spiro atoms. The first-order valence-corrected chi connectivity index (χ1v) is 20.9. The number of anilines is 6. The third-order valence-corrected chi connectivity index (χ3v) is 18.0. The molecule has 0 aliphatic carbocycles. The molecule has 7 aromatic rings. The van der Waals surface area contributed by atoms with Gasteiger partial charge in [-0.25, -0.2) is 8.42 Å². The second kappa shape index (κ2) is 10.7. The third kappa shape index (κ3) is 3.92. The molecule has 0 bridgehead atoms. The predicted octanol–water partition coefficient (Wildman–Crippen LogP) is 8.10. The molecule has 3 heterocycles. The lowest BCUT2D eigenvalue weighted by Crippen LogP contribution is -2.79. The summed E-state index contributed by atoms with van der Waals surface area (Å²) in [5.74, 6) is 0. The minimum absolute atomic E-state index is 0.385. The predicted molar refractivity (Wildman–Crippen MR) is 211 cm³/mol. The molecule has 7 aromatic carbocycles. The molecular weight excluding hydrogens is 661 g/mol. The molecule has 0 radical (unpaired) electrons. The quantitative estimate of drug-likeness (QED) is 0.172. The van der Waals surface area contributed by atoms with Crippen molar-refractivity contribution < 1.29 is 8.42 Å². The van der Waals surface area contributed by atoms with Crippen molar-refractivity contribution in [2.75, 3.05) is 9.80 Å². The highest BCUT2D eigenvalue weighted by atomic mass is 32.2. The molecule has 4 nitrogen and oxygen atoms in total. The Hall–Kier alpha value is -5.69. The van der Waals surface area contributed by atoms with E-state index in [4.69, 9.17) is 0 Å². The first-order valence-electron chi connectivity index (χ1n) is 17.4. The fourth-order valence-electron chi connectivity index (χ4n) is 9.07. The second-order valence-corrected chi connectivity index (χ2v) is 19.7. The van der Waals surface area contributed by atoms with Crippen molar-refractivity contribution in [3.63, 3.8) is 0 Å². The maximum Gasteiger partial charge on any atom is 0.207 e. The summed E-state index contributed by atoms with van der Waals surface area (Å²) < 4.78 is 28.0. The van der Waals surface area contributed by atoms with Crippen LogP contribution in [0.1, 0.15) is 25.0 Å². The average Bonchev–Trinajstić information content (AvgIpc) is 3.17. The molecule has 51 heavy (non-hydrogen) atoms. The molecule has 246 valence electrons. The zero-order valence-corrected chi connectivity index (χ0v) is 30.1. The summed E-state index contributed by atoms with van der Waals surface area (Å²) in [6, 6.07) is 59.7. The van der Waals surface area contributed by atoms with E-state index < -0.39 is 23.3 Å². The van der Waals surface area contributed by atoms with Crippen molar-refractivity contribution in [3.8, 4) is 0 Å². The number of nitrogens with zero attached hydrogens (tertiary/aromatic N) is 2. The van der Waals surface area contributed by atoms with Gasteiger partial charge in [0, 0.05) is 39.5 Å². The fraction of sp³-hybridized carbons (Fsp3) is 0.0667. The summed E-state index contributed by atoms with van der Waals surface area (Å²) in [6.45, 7) is 4.27. The van der Waals surface area contributed by atoms with E-state index in [1.165, 1.54) is 32.1 Å². The Labute approximate surface area is 299 Å². The van der Waals surface area contributed by atoms with E-state index in [0.717, 1.165) is 33.9 Å². The number of fused-ring (bicyclic) bond motifs is 10. The molecule has 6 heteroatoms. The van der Waals surface area contributed by atoms with Crippen LogP contribution in [0.15, 0.2) is 180 Å². The van der Waals surface area contributed by atoms with Crippen LogP contribution >= 0.6 is 0 Å². The van der Waals surface area contributed by atoms with E-state index in [1.54, 1.807) is 6.07 Å². The van der Waals surface area contributed by atoms with E-state index in [9.17, 15) is 8.42 Å². The van der Waals surface area contributed by atoms with Gasteiger partial charge in [-0.2, -0.15) is 0 Å². The van der Waals surface area contributed by atoms with Crippen LogP contribution in [-0.2, 0) is 15.3 Å². The summed E-state index contributed by atoms with van der Waals surface area (Å²) in [6.07, 6.45) is 0. The van der Waals surface area contributed by atoms with Crippen molar-refractivity contribution in [1.29, 1.82) is 0 Å². The summed E-state index contributed by atoms with van der Waals surface area (Å²) in [5.41, 5.74) is 7.86. The Kier molecular flexibility index (Phi) is 6.30. The summed E-state index contributed by atoms with van der Waals surface area (Å²) in [7, 11) is -6.58. The number of para-hydroxylation sites is 5. The van der Waals surface area contributed by atoms with E-state index in [1.807, 2.05) is 30.3 Å². The largest absolute Gasteiger partial charge is 0.311 e. The van der Waals surface area contributed by atoms with Crippen LogP contribution in [0.5, 0.6) is 0 Å². The van der Waals surface area contributed by atoms with Crippen molar-refractivity contribution >= 4 is 72.8 Å². The number of hydrogen-bond acceptors (Lipinski definition) is 4. The van der Waals surface area contributed by atoms with E-state index in [-0.39, 0.29) is 0 Å². The van der Waals surface area contributed by atoms with Gasteiger partial charge >= 0.3 is 0 Å².